The molecule has 5 nitrogen and oxygen atoms in total. The van der Waals surface area contributed by atoms with E-state index in [1.807, 2.05) is 0 Å². The van der Waals surface area contributed by atoms with Crippen molar-refractivity contribution in [3.05, 3.63) is 0 Å². The molecule has 0 spiro atoms. The Morgan fingerprint density at radius 2 is 1.79 bits per heavy atom. The summed E-state index contributed by atoms with van der Waals surface area (Å²) in [5.41, 5.74) is 0. The highest BCUT2D eigenvalue weighted by molar-refractivity contribution is 5.77. The molecule has 0 aliphatic rings. The Labute approximate surface area is 84.3 Å². The molecule has 0 aromatic heterocycles. The Kier molecular flexibility index (Phi) is 5.15. The molecule has 0 saturated carbocycles. The van der Waals surface area contributed by atoms with Crippen molar-refractivity contribution in [2.75, 3.05) is 27.7 Å². The summed E-state index contributed by atoms with van der Waals surface area (Å²) >= 11 is 0. The first-order valence-corrected chi connectivity index (χ1v) is 4.46. The average molecular weight is 202 g/mol. The van der Waals surface area contributed by atoms with Gasteiger partial charge in [-0.2, -0.15) is 0 Å². The summed E-state index contributed by atoms with van der Waals surface area (Å²) in [6, 6.07) is -0.128. The van der Waals surface area contributed by atoms with Gasteiger partial charge in [0.2, 0.25) is 5.91 Å². The van der Waals surface area contributed by atoms with Crippen molar-refractivity contribution < 1.29 is 14.7 Å². The molecule has 0 radical (unpaired) electrons. The van der Waals surface area contributed by atoms with Crippen LogP contribution in [0.3, 0.4) is 0 Å². The molecule has 0 aliphatic heterocycles. The van der Waals surface area contributed by atoms with Crippen LogP contribution in [0, 0.1) is 0 Å². The second kappa shape index (κ2) is 5.59. The number of likely N-dealkylation sites (N-methyl/N-ethyl adjacent to an activating group) is 2. The van der Waals surface area contributed by atoms with Gasteiger partial charge in [0.15, 0.2) is 0 Å². The summed E-state index contributed by atoms with van der Waals surface area (Å²) in [6.45, 7) is 2.04. The van der Waals surface area contributed by atoms with Crippen LogP contribution in [0.5, 0.6) is 0 Å². The standard InChI is InChI=1S/C9H18N2O3/c1-7(5-9(13)14)11(4)6-8(12)10(2)3/h7H,5-6H2,1-4H3,(H,13,14). The minimum absolute atomic E-state index is 0.0234. The first-order valence-electron chi connectivity index (χ1n) is 4.46. The van der Waals surface area contributed by atoms with Crippen molar-refractivity contribution in [1.29, 1.82) is 0 Å². The van der Waals surface area contributed by atoms with E-state index in [0.29, 0.717) is 0 Å². The van der Waals surface area contributed by atoms with Gasteiger partial charge in [0.25, 0.3) is 0 Å². The lowest BCUT2D eigenvalue weighted by molar-refractivity contribution is -0.139. The minimum atomic E-state index is -0.846. The number of rotatable bonds is 5. The SMILES string of the molecule is CC(CC(=O)O)N(C)CC(=O)N(C)C. The van der Waals surface area contributed by atoms with Gasteiger partial charge in [-0.1, -0.05) is 0 Å². The molecule has 14 heavy (non-hydrogen) atoms. The van der Waals surface area contributed by atoms with E-state index < -0.39 is 5.97 Å². The summed E-state index contributed by atoms with van der Waals surface area (Å²) in [7, 11) is 5.10. The molecule has 1 amide bonds. The summed E-state index contributed by atoms with van der Waals surface area (Å²) in [4.78, 5) is 24.9. The monoisotopic (exact) mass is 202 g/mol. The van der Waals surface area contributed by atoms with Gasteiger partial charge in [-0.05, 0) is 14.0 Å². The predicted molar refractivity (Wildman–Crippen MR) is 53.0 cm³/mol. The lowest BCUT2D eigenvalue weighted by atomic mass is 10.2. The molecule has 1 atom stereocenters. The fourth-order valence-electron chi connectivity index (χ4n) is 0.919. The molecule has 0 saturated heterocycles. The lowest BCUT2D eigenvalue weighted by Gasteiger charge is -2.24. The largest absolute Gasteiger partial charge is 0.481 e. The predicted octanol–water partition coefficient (Wildman–Crippen LogP) is -0.130. The van der Waals surface area contributed by atoms with Crippen molar-refractivity contribution in [2.24, 2.45) is 0 Å². The number of carboxylic acid groups (broad SMARTS) is 1. The molecule has 0 aromatic rings. The summed E-state index contributed by atoms with van der Waals surface area (Å²) in [5, 5.41) is 8.55. The fraction of sp³-hybridized carbons (Fsp3) is 0.778. The second-order valence-corrected chi connectivity index (χ2v) is 3.65. The normalized spacial score (nSPS) is 12.6. The molecular weight excluding hydrogens is 184 g/mol. The van der Waals surface area contributed by atoms with E-state index in [4.69, 9.17) is 5.11 Å². The van der Waals surface area contributed by atoms with Gasteiger partial charge in [-0.15, -0.1) is 0 Å². The summed E-state index contributed by atoms with van der Waals surface area (Å²) in [5.74, 6) is -0.869. The van der Waals surface area contributed by atoms with Crippen molar-refractivity contribution in [2.45, 2.75) is 19.4 Å². The minimum Gasteiger partial charge on any atom is -0.481 e. The van der Waals surface area contributed by atoms with Crippen molar-refractivity contribution in [3.8, 4) is 0 Å². The number of carbonyl (C=O) groups excluding carboxylic acids is 1. The summed E-state index contributed by atoms with van der Waals surface area (Å²) < 4.78 is 0. The molecule has 0 aromatic carbocycles. The van der Waals surface area contributed by atoms with Crippen LogP contribution in [-0.4, -0.2) is 60.5 Å². The van der Waals surface area contributed by atoms with Crippen molar-refractivity contribution in [1.82, 2.24) is 9.80 Å². The van der Waals surface area contributed by atoms with Crippen LogP contribution >= 0.6 is 0 Å². The second-order valence-electron chi connectivity index (χ2n) is 3.65. The van der Waals surface area contributed by atoms with E-state index in [1.54, 1.807) is 33.0 Å². The van der Waals surface area contributed by atoms with E-state index in [1.165, 1.54) is 4.90 Å². The topological polar surface area (TPSA) is 60.9 Å². The number of hydrogen-bond acceptors (Lipinski definition) is 3. The van der Waals surface area contributed by atoms with Crippen LogP contribution in [0.1, 0.15) is 13.3 Å². The quantitative estimate of drug-likeness (QED) is 0.674. The van der Waals surface area contributed by atoms with Crippen LogP contribution < -0.4 is 0 Å². The molecule has 82 valence electrons. The van der Waals surface area contributed by atoms with Crippen LogP contribution in [0.4, 0.5) is 0 Å². The number of hydrogen-bond donors (Lipinski definition) is 1. The molecule has 0 aliphatic carbocycles. The first-order chi connectivity index (χ1) is 6.34. The zero-order chi connectivity index (χ0) is 11.3. The Morgan fingerprint density at radius 3 is 2.14 bits per heavy atom. The van der Waals surface area contributed by atoms with Gasteiger partial charge in [0.05, 0.1) is 13.0 Å². The number of amides is 1. The Hall–Kier alpha value is -1.10. The van der Waals surface area contributed by atoms with Gasteiger partial charge < -0.3 is 10.0 Å². The molecule has 0 bridgehead atoms. The van der Waals surface area contributed by atoms with Crippen LogP contribution in [-0.2, 0) is 9.59 Å². The van der Waals surface area contributed by atoms with E-state index in [9.17, 15) is 9.59 Å². The van der Waals surface area contributed by atoms with Gasteiger partial charge in [0.1, 0.15) is 0 Å². The third kappa shape index (κ3) is 4.81. The molecule has 1 unspecified atom stereocenters. The Morgan fingerprint density at radius 1 is 1.29 bits per heavy atom. The highest BCUT2D eigenvalue weighted by atomic mass is 16.4. The molecule has 0 rings (SSSR count). The van der Waals surface area contributed by atoms with Crippen molar-refractivity contribution in [3.63, 3.8) is 0 Å². The number of carboxylic acids is 1. The maximum Gasteiger partial charge on any atom is 0.304 e. The highest BCUT2D eigenvalue weighted by Gasteiger charge is 2.16. The average Bonchev–Trinajstić information content (AvgIpc) is 2.02. The van der Waals surface area contributed by atoms with Crippen LogP contribution in [0.25, 0.3) is 0 Å². The maximum absolute atomic E-state index is 11.3. The third-order valence-corrected chi connectivity index (χ3v) is 2.11. The van der Waals surface area contributed by atoms with Crippen LogP contribution in [0.2, 0.25) is 0 Å². The number of aliphatic carboxylic acids is 1. The zero-order valence-corrected chi connectivity index (χ0v) is 9.15. The van der Waals surface area contributed by atoms with E-state index in [0.717, 1.165) is 0 Å². The van der Waals surface area contributed by atoms with Gasteiger partial charge >= 0.3 is 5.97 Å². The van der Waals surface area contributed by atoms with Gasteiger partial charge in [-0.3, -0.25) is 14.5 Å². The number of carbonyl (C=O) groups is 2. The van der Waals surface area contributed by atoms with Gasteiger partial charge in [-0.25, -0.2) is 0 Å². The molecular formula is C9H18N2O3. The van der Waals surface area contributed by atoms with Crippen LogP contribution in [0.15, 0.2) is 0 Å². The molecule has 0 heterocycles. The summed E-state index contributed by atoms with van der Waals surface area (Å²) in [6.07, 6.45) is 0.0528. The number of nitrogens with zero attached hydrogens (tertiary/aromatic N) is 2. The third-order valence-electron chi connectivity index (χ3n) is 2.11. The Bertz CT molecular complexity index is 216. The smallest absolute Gasteiger partial charge is 0.304 e. The molecule has 5 heteroatoms. The van der Waals surface area contributed by atoms with E-state index in [2.05, 4.69) is 0 Å². The zero-order valence-electron chi connectivity index (χ0n) is 9.15. The van der Waals surface area contributed by atoms with E-state index >= 15 is 0 Å². The maximum atomic E-state index is 11.3. The fourth-order valence-corrected chi connectivity index (χ4v) is 0.919. The lowest BCUT2D eigenvalue weighted by Crippen LogP contribution is -2.39. The Balaban J connectivity index is 4.00. The van der Waals surface area contributed by atoms with E-state index in [-0.39, 0.29) is 24.9 Å². The van der Waals surface area contributed by atoms with Gasteiger partial charge in [0, 0.05) is 20.1 Å². The van der Waals surface area contributed by atoms with Crippen molar-refractivity contribution >= 4 is 11.9 Å². The molecule has 0 fully saturated rings. The first kappa shape index (κ1) is 12.9. The highest BCUT2D eigenvalue weighted by Crippen LogP contribution is 2.01. The molecule has 1 N–H and O–H groups in total.